The average molecular weight is 259 g/mol. The molecule has 0 aliphatic rings. The lowest BCUT2D eigenvalue weighted by Crippen LogP contribution is -2.21. The second kappa shape index (κ2) is 6.05. The zero-order valence-electron chi connectivity index (χ0n) is 11.0. The van der Waals surface area contributed by atoms with Crippen LogP contribution in [0.1, 0.15) is 0 Å². The van der Waals surface area contributed by atoms with E-state index in [-0.39, 0.29) is 0 Å². The third kappa shape index (κ3) is 3.59. The Labute approximate surface area is 111 Å². The molecule has 0 unspecified atom stereocenters. The fourth-order valence-corrected chi connectivity index (χ4v) is 1.50. The molecule has 0 bridgehead atoms. The topological polar surface area (TPSA) is 92.8 Å². The quantitative estimate of drug-likeness (QED) is 0.807. The number of hydrogen-bond donors (Lipinski definition) is 2. The lowest BCUT2D eigenvalue weighted by atomic mass is 10.2. The second-order valence-electron chi connectivity index (χ2n) is 4.35. The van der Waals surface area contributed by atoms with E-state index in [0.717, 1.165) is 18.7 Å². The summed E-state index contributed by atoms with van der Waals surface area (Å²) in [6.07, 6.45) is 6.48. The molecule has 0 spiro atoms. The SMILES string of the molecule is CN(C)CCNc1nc(-c2cncnc2)cnc1N. The molecule has 0 saturated heterocycles. The van der Waals surface area contributed by atoms with E-state index in [1.54, 1.807) is 18.6 Å². The van der Waals surface area contributed by atoms with Crippen molar-refractivity contribution in [1.82, 2.24) is 24.8 Å². The monoisotopic (exact) mass is 259 g/mol. The van der Waals surface area contributed by atoms with E-state index in [0.29, 0.717) is 17.3 Å². The Balaban J connectivity index is 2.15. The summed E-state index contributed by atoms with van der Waals surface area (Å²) in [5, 5.41) is 3.17. The predicted molar refractivity (Wildman–Crippen MR) is 74.5 cm³/mol. The standard InChI is InChI=1S/C12H17N7/c1-19(2)4-3-16-12-11(13)17-7-10(18-12)9-5-14-8-15-6-9/h5-8H,3-4H2,1-2H3,(H2,13,17)(H,16,18). The Morgan fingerprint density at radius 1 is 1.21 bits per heavy atom. The van der Waals surface area contributed by atoms with Crippen LogP contribution in [-0.4, -0.2) is 52.0 Å². The molecule has 0 aromatic carbocycles. The van der Waals surface area contributed by atoms with Gasteiger partial charge in [-0.1, -0.05) is 0 Å². The summed E-state index contributed by atoms with van der Waals surface area (Å²) in [5.74, 6) is 0.975. The van der Waals surface area contributed by atoms with E-state index in [4.69, 9.17) is 5.73 Å². The van der Waals surface area contributed by atoms with Crippen LogP contribution < -0.4 is 11.1 Å². The number of anilines is 2. The van der Waals surface area contributed by atoms with Crippen LogP contribution >= 0.6 is 0 Å². The maximum absolute atomic E-state index is 5.80. The Morgan fingerprint density at radius 2 is 1.95 bits per heavy atom. The molecule has 2 rings (SSSR count). The van der Waals surface area contributed by atoms with Crippen LogP contribution in [0, 0.1) is 0 Å². The summed E-state index contributed by atoms with van der Waals surface area (Å²) in [6, 6.07) is 0. The molecule has 0 radical (unpaired) electrons. The Bertz CT molecular complexity index is 527. The van der Waals surface area contributed by atoms with Crippen molar-refractivity contribution < 1.29 is 0 Å². The average Bonchev–Trinajstić information content (AvgIpc) is 2.41. The van der Waals surface area contributed by atoms with Gasteiger partial charge in [0.1, 0.15) is 6.33 Å². The number of nitrogens with one attached hydrogen (secondary N) is 1. The van der Waals surface area contributed by atoms with E-state index in [2.05, 4.69) is 30.2 Å². The van der Waals surface area contributed by atoms with Crippen molar-refractivity contribution in [3.05, 3.63) is 24.9 Å². The normalized spacial score (nSPS) is 10.7. The second-order valence-corrected chi connectivity index (χ2v) is 4.35. The first-order valence-corrected chi connectivity index (χ1v) is 5.93. The van der Waals surface area contributed by atoms with Crippen molar-refractivity contribution in [2.45, 2.75) is 0 Å². The van der Waals surface area contributed by atoms with Gasteiger partial charge in [-0.15, -0.1) is 0 Å². The molecule has 0 fully saturated rings. The lowest BCUT2D eigenvalue weighted by Gasteiger charge is -2.12. The fraction of sp³-hybridized carbons (Fsp3) is 0.333. The molecule has 0 aliphatic heterocycles. The molecular formula is C12H17N7. The van der Waals surface area contributed by atoms with Gasteiger partial charge in [-0.05, 0) is 14.1 Å². The molecule has 2 aromatic rings. The molecule has 7 nitrogen and oxygen atoms in total. The first kappa shape index (κ1) is 13.2. The number of rotatable bonds is 5. The highest BCUT2D eigenvalue weighted by Crippen LogP contribution is 2.19. The summed E-state index contributed by atoms with van der Waals surface area (Å²) < 4.78 is 0. The Kier molecular flexibility index (Phi) is 4.19. The van der Waals surface area contributed by atoms with Gasteiger partial charge in [-0.2, -0.15) is 0 Å². The molecule has 0 aliphatic carbocycles. The fourth-order valence-electron chi connectivity index (χ4n) is 1.50. The van der Waals surface area contributed by atoms with Crippen molar-refractivity contribution in [2.24, 2.45) is 0 Å². The summed E-state index contributed by atoms with van der Waals surface area (Å²) in [7, 11) is 4.02. The number of nitrogens with zero attached hydrogens (tertiary/aromatic N) is 5. The first-order valence-electron chi connectivity index (χ1n) is 5.93. The third-order valence-electron chi connectivity index (χ3n) is 2.51. The molecule has 0 amide bonds. The zero-order chi connectivity index (χ0) is 13.7. The minimum absolute atomic E-state index is 0.388. The molecule has 100 valence electrons. The Morgan fingerprint density at radius 3 is 2.63 bits per heavy atom. The molecule has 2 aromatic heterocycles. The van der Waals surface area contributed by atoms with Crippen LogP contribution in [0.2, 0.25) is 0 Å². The molecule has 7 heteroatoms. The van der Waals surface area contributed by atoms with Gasteiger partial charge in [-0.25, -0.2) is 19.9 Å². The maximum Gasteiger partial charge on any atom is 0.169 e. The maximum atomic E-state index is 5.80. The number of nitrogen functional groups attached to an aromatic ring is 1. The van der Waals surface area contributed by atoms with Gasteiger partial charge >= 0.3 is 0 Å². The summed E-state index contributed by atoms with van der Waals surface area (Å²) in [5.41, 5.74) is 7.31. The van der Waals surface area contributed by atoms with Crippen LogP contribution in [-0.2, 0) is 0 Å². The number of nitrogens with two attached hydrogens (primary N) is 1. The zero-order valence-corrected chi connectivity index (χ0v) is 11.0. The number of hydrogen-bond acceptors (Lipinski definition) is 7. The smallest absolute Gasteiger partial charge is 0.169 e. The summed E-state index contributed by atoms with van der Waals surface area (Å²) in [4.78, 5) is 18.6. The first-order chi connectivity index (χ1) is 9.16. The van der Waals surface area contributed by atoms with Crippen molar-refractivity contribution in [3.8, 4) is 11.3 Å². The van der Waals surface area contributed by atoms with E-state index in [9.17, 15) is 0 Å². The third-order valence-corrected chi connectivity index (χ3v) is 2.51. The molecule has 3 N–H and O–H groups in total. The molecule has 2 heterocycles. The van der Waals surface area contributed by atoms with Crippen LogP contribution in [0.3, 0.4) is 0 Å². The Hall–Kier alpha value is -2.28. The van der Waals surface area contributed by atoms with Crippen molar-refractivity contribution in [2.75, 3.05) is 38.2 Å². The van der Waals surface area contributed by atoms with Crippen LogP contribution in [0.4, 0.5) is 11.6 Å². The van der Waals surface area contributed by atoms with Gasteiger partial charge in [0.15, 0.2) is 11.6 Å². The van der Waals surface area contributed by atoms with Crippen LogP contribution in [0.15, 0.2) is 24.9 Å². The van der Waals surface area contributed by atoms with Gasteiger partial charge < -0.3 is 16.0 Å². The predicted octanol–water partition coefficient (Wildman–Crippen LogP) is 0.489. The van der Waals surface area contributed by atoms with E-state index in [1.165, 1.54) is 6.33 Å². The molecule has 0 saturated carbocycles. The summed E-state index contributed by atoms with van der Waals surface area (Å²) >= 11 is 0. The highest BCUT2D eigenvalue weighted by atomic mass is 15.1. The van der Waals surface area contributed by atoms with Gasteiger partial charge in [0.2, 0.25) is 0 Å². The molecule has 19 heavy (non-hydrogen) atoms. The van der Waals surface area contributed by atoms with Crippen molar-refractivity contribution in [3.63, 3.8) is 0 Å². The highest BCUT2D eigenvalue weighted by molar-refractivity contribution is 5.64. The van der Waals surface area contributed by atoms with Crippen LogP contribution in [0.5, 0.6) is 0 Å². The molecule has 0 atom stereocenters. The van der Waals surface area contributed by atoms with Gasteiger partial charge in [-0.3, -0.25) is 0 Å². The van der Waals surface area contributed by atoms with Gasteiger partial charge in [0.25, 0.3) is 0 Å². The molecular weight excluding hydrogens is 242 g/mol. The number of likely N-dealkylation sites (N-methyl/N-ethyl adjacent to an activating group) is 1. The van der Waals surface area contributed by atoms with Crippen molar-refractivity contribution in [1.29, 1.82) is 0 Å². The minimum Gasteiger partial charge on any atom is -0.381 e. The van der Waals surface area contributed by atoms with Gasteiger partial charge in [0.05, 0.1) is 11.9 Å². The minimum atomic E-state index is 0.388. The van der Waals surface area contributed by atoms with E-state index >= 15 is 0 Å². The largest absolute Gasteiger partial charge is 0.381 e. The highest BCUT2D eigenvalue weighted by Gasteiger charge is 2.06. The van der Waals surface area contributed by atoms with Crippen molar-refractivity contribution >= 4 is 11.6 Å². The summed E-state index contributed by atoms with van der Waals surface area (Å²) in [6.45, 7) is 1.64. The lowest BCUT2D eigenvalue weighted by molar-refractivity contribution is 0.425. The van der Waals surface area contributed by atoms with Crippen LogP contribution in [0.25, 0.3) is 11.3 Å². The number of aromatic nitrogens is 4. The van der Waals surface area contributed by atoms with E-state index < -0.39 is 0 Å². The van der Waals surface area contributed by atoms with Gasteiger partial charge in [0, 0.05) is 31.0 Å². The van der Waals surface area contributed by atoms with E-state index in [1.807, 2.05) is 14.1 Å².